The highest BCUT2D eigenvalue weighted by atomic mass is 19.1. The summed E-state index contributed by atoms with van der Waals surface area (Å²) in [6, 6.07) is 13.6. The number of hydrogen-bond acceptors (Lipinski definition) is 4. The number of fused-ring (bicyclic) bond motifs is 1. The Hall–Kier alpha value is -2.93. The van der Waals surface area contributed by atoms with Gasteiger partial charge in [-0.25, -0.2) is 4.39 Å². The summed E-state index contributed by atoms with van der Waals surface area (Å²) in [7, 11) is 0. The maximum atomic E-state index is 13.4. The van der Waals surface area contributed by atoms with E-state index in [0.29, 0.717) is 44.2 Å². The van der Waals surface area contributed by atoms with Crippen molar-refractivity contribution in [1.82, 2.24) is 9.80 Å². The lowest BCUT2D eigenvalue weighted by Crippen LogP contribution is -2.62. The highest BCUT2D eigenvalue weighted by Gasteiger charge is 2.49. The van der Waals surface area contributed by atoms with Crippen molar-refractivity contribution in [2.24, 2.45) is 0 Å². The molecule has 0 aliphatic carbocycles. The monoisotopic (exact) mass is 383 g/mol. The molecule has 1 atom stereocenters. The zero-order valence-corrected chi connectivity index (χ0v) is 15.7. The minimum atomic E-state index is -1.58. The van der Waals surface area contributed by atoms with Crippen molar-refractivity contribution < 1.29 is 18.7 Å². The molecule has 0 spiro atoms. The fraction of sp³-hybridized carbons (Fsp3) is 0.333. The van der Waals surface area contributed by atoms with Gasteiger partial charge in [0.15, 0.2) is 0 Å². The lowest BCUT2D eigenvalue weighted by atomic mass is 10.00. The Morgan fingerprint density at radius 2 is 1.89 bits per heavy atom. The van der Waals surface area contributed by atoms with Crippen molar-refractivity contribution >= 4 is 17.5 Å². The van der Waals surface area contributed by atoms with E-state index in [1.165, 1.54) is 19.1 Å². The van der Waals surface area contributed by atoms with Gasteiger partial charge in [0.2, 0.25) is 0 Å². The van der Waals surface area contributed by atoms with Crippen molar-refractivity contribution in [2.75, 3.05) is 31.5 Å². The van der Waals surface area contributed by atoms with Gasteiger partial charge in [-0.05, 0) is 36.8 Å². The third-order valence-corrected chi connectivity index (χ3v) is 5.25. The molecule has 2 aliphatic heterocycles. The first-order chi connectivity index (χ1) is 13.5. The molecule has 6 nitrogen and oxygen atoms in total. The topological polar surface area (TPSA) is 61.9 Å². The SMILES string of the molecule is CC1(C(=O)N2CCN(Cc3cccc(F)c3)CC2)Oc2ccccc2NC1=O. The number of benzene rings is 2. The van der Waals surface area contributed by atoms with Crippen LogP contribution in [0, 0.1) is 5.82 Å². The molecule has 0 saturated carbocycles. The molecule has 28 heavy (non-hydrogen) atoms. The van der Waals surface area contributed by atoms with Crippen LogP contribution < -0.4 is 10.1 Å². The molecular weight excluding hydrogens is 361 g/mol. The van der Waals surface area contributed by atoms with Crippen molar-refractivity contribution in [3.63, 3.8) is 0 Å². The van der Waals surface area contributed by atoms with Gasteiger partial charge in [-0.3, -0.25) is 14.5 Å². The van der Waals surface area contributed by atoms with Gasteiger partial charge >= 0.3 is 0 Å². The number of nitrogens with zero attached hydrogens (tertiary/aromatic N) is 2. The predicted octanol–water partition coefficient (Wildman–Crippen LogP) is 2.26. The normalized spacial score (nSPS) is 22.2. The zero-order chi connectivity index (χ0) is 19.7. The largest absolute Gasteiger partial charge is 0.466 e. The number of halogens is 1. The predicted molar refractivity (Wildman–Crippen MR) is 102 cm³/mol. The van der Waals surface area contributed by atoms with Crippen molar-refractivity contribution in [3.05, 3.63) is 59.9 Å². The Labute approximate surface area is 162 Å². The average molecular weight is 383 g/mol. The fourth-order valence-corrected chi connectivity index (χ4v) is 3.61. The number of nitrogens with one attached hydrogen (secondary N) is 1. The second-order valence-electron chi connectivity index (χ2n) is 7.28. The van der Waals surface area contributed by atoms with Crippen LogP contribution in [-0.4, -0.2) is 53.4 Å². The van der Waals surface area contributed by atoms with E-state index < -0.39 is 11.5 Å². The number of amides is 2. The molecule has 2 amide bonds. The Morgan fingerprint density at radius 3 is 2.64 bits per heavy atom. The van der Waals surface area contributed by atoms with Crippen LogP contribution in [0.3, 0.4) is 0 Å². The van der Waals surface area contributed by atoms with Crippen molar-refractivity contribution in [2.45, 2.75) is 19.1 Å². The molecule has 1 N–H and O–H groups in total. The summed E-state index contributed by atoms with van der Waals surface area (Å²) in [6.45, 7) is 4.41. The molecule has 7 heteroatoms. The molecule has 4 rings (SSSR count). The summed E-state index contributed by atoms with van der Waals surface area (Å²) in [6.07, 6.45) is 0. The van der Waals surface area contributed by atoms with Gasteiger partial charge in [0.1, 0.15) is 11.6 Å². The van der Waals surface area contributed by atoms with Gasteiger partial charge in [0, 0.05) is 32.7 Å². The minimum Gasteiger partial charge on any atom is -0.466 e. The maximum absolute atomic E-state index is 13.4. The van der Waals surface area contributed by atoms with Gasteiger partial charge in [-0.2, -0.15) is 0 Å². The van der Waals surface area contributed by atoms with Gasteiger partial charge in [-0.1, -0.05) is 24.3 Å². The Morgan fingerprint density at radius 1 is 1.14 bits per heavy atom. The molecule has 0 aromatic heterocycles. The summed E-state index contributed by atoms with van der Waals surface area (Å²) < 4.78 is 19.2. The first-order valence-electron chi connectivity index (χ1n) is 9.31. The summed E-state index contributed by atoms with van der Waals surface area (Å²) in [5.74, 6) is -0.564. The molecule has 1 unspecified atom stereocenters. The van der Waals surface area contributed by atoms with Crippen LogP contribution in [-0.2, 0) is 16.1 Å². The van der Waals surface area contributed by atoms with E-state index in [2.05, 4.69) is 10.2 Å². The van der Waals surface area contributed by atoms with Crippen LogP contribution in [0.2, 0.25) is 0 Å². The third-order valence-electron chi connectivity index (χ3n) is 5.25. The van der Waals surface area contributed by atoms with E-state index in [1.807, 2.05) is 6.07 Å². The second kappa shape index (κ2) is 7.24. The van der Waals surface area contributed by atoms with Gasteiger partial charge in [-0.15, -0.1) is 0 Å². The summed E-state index contributed by atoms with van der Waals surface area (Å²) >= 11 is 0. The number of para-hydroxylation sites is 2. The third kappa shape index (κ3) is 3.45. The van der Waals surface area contributed by atoms with Crippen LogP contribution in [0.1, 0.15) is 12.5 Å². The van der Waals surface area contributed by atoms with Crippen LogP contribution >= 0.6 is 0 Å². The van der Waals surface area contributed by atoms with Crippen LogP contribution in [0.4, 0.5) is 10.1 Å². The minimum absolute atomic E-state index is 0.250. The number of carbonyl (C=O) groups excluding carboxylic acids is 2. The summed E-state index contributed by atoms with van der Waals surface area (Å²) in [5.41, 5.74) is -0.116. The van der Waals surface area contributed by atoms with Gasteiger partial charge in [0.25, 0.3) is 17.4 Å². The molecule has 0 radical (unpaired) electrons. The summed E-state index contributed by atoms with van der Waals surface area (Å²) in [4.78, 5) is 29.5. The maximum Gasteiger partial charge on any atom is 0.278 e. The zero-order valence-electron chi connectivity index (χ0n) is 15.7. The lowest BCUT2D eigenvalue weighted by Gasteiger charge is -2.40. The van der Waals surface area contributed by atoms with Crippen LogP contribution in [0.25, 0.3) is 0 Å². The van der Waals surface area contributed by atoms with Crippen molar-refractivity contribution in [3.8, 4) is 5.75 Å². The number of ether oxygens (including phenoxy) is 1. The smallest absolute Gasteiger partial charge is 0.278 e. The van der Waals surface area contributed by atoms with Crippen LogP contribution in [0.15, 0.2) is 48.5 Å². The molecule has 0 bridgehead atoms. The lowest BCUT2D eigenvalue weighted by molar-refractivity contribution is -0.155. The number of rotatable bonds is 3. The van der Waals surface area contributed by atoms with Crippen molar-refractivity contribution in [1.29, 1.82) is 0 Å². The van der Waals surface area contributed by atoms with E-state index in [1.54, 1.807) is 35.2 Å². The summed E-state index contributed by atoms with van der Waals surface area (Å²) in [5, 5.41) is 2.76. The highest BCUT2D eigenvalue weighted by molar-refractivity contribution is 6.15. The van der Waals surface area contributed by atoms with E-state index in [0.717, 1.165) is 5.56 Å². The number of anilines is 1. The molecule has 146 valence electrons. The van der Waals surface area contributed by atoms with Crippen LogP contribution in [0.5, 0.6) is 5.75 Å². The molecule has 1 saturated heterocycles. The fourth-order valence-electron chi connectivity index (χ4n) is 3.61. The molecule has 2 aliphatic rings. The van der Waals surface area contributed by atoms with E-state index in [-0.39, 0.29) is 11.7 Å². The molecule has 1 fully saturated rings. The first kappa shape index (κ1) is 18.4. The number of carbonyl (C=O) groups is 2. The molecule has 2 aromatic rings. The molecule has 2 heterocycles. The molecular formula is C21H22FN3O3. The second-order valence-corrected chi connectivity index (χ2v) is 7.28. The van der Waals surface area contributed by atoms with E-state index in [4.69, 9.17) is 4.74 Å². The van der Waals surface area contributed by atoms with E-state index >= 15 is 0 Å². The van der Waals surface area contributed by atoms with Gasteiger partial charge < -0.3 is 15.0 Å². The van der Waals surface area contributed by atoms with Gasteiger partial charge in [0.05, 0.1) is 5.69 Å². The number of hydrogen-bond donors (Lipinski definition) is 1. The highest BCUT2D eigenvalue weighted by Crippen LogP contribution is 2.34. The Bertz CT molecular complexity index is 911. The quantitative estimate of drug-likeness (QED) is 0.826. The van der Waals surface area contributed by atoms with E-state index in [9.17, 15) is 14.0 Å². The average Bonchev–Trinajstić information content (AvgIpc) is 2.69. The Balaban J connectivity index is 1.40. The number of piperazine rings is 1. The Kier molecular flexibility index (Phi) is 4.77. The first-order valence-corrected chi connectivity index (χ1v) is 9.31. The molecule has 2 aromatic carbocycles. The standard InChI is InChI=1S/C21H22FN3O3/c1-21(19(26)23-17-7-2-3-8-18(17)28-21)20(27)25-11-9-24(10-12-25)14-15-5-4-6-16(22)13-15/h2-8,13H,9-12,14H2,1H3,(H,23,26).